The summed E-state index contributed by atoms with van der Waals surface area (Å²) in [5.41, 5.74) is 1.21. The van der Waals surface area contributed by atoms with Gasteiger partial charge in [0.1, 0.15) is 0 Å². The molecule has 1 amide bonds. The molecule has 18 heavy (non-hydrogen) atoms. The summed E-state index contributed by atoms with van der Waals surface area (Å²) in [4.78, 5) is 25.4. The molecule has 0 saturated heterocycles. The Labute approximate surface area is 114 Å². The number of benzene rings is 1. The van der Waals surface area contributed by atoms with Gasteiger partial charge in [0, 0.05) is 11.0 Å². The Morgan fingerprint density at radius 2 is 2.11 bits per heavy atom. The van der Waals surface area contributed by atoms with Crippen LogP contribution in [0.2, 0.25) is 0 Å². The molecular formula is C13H15BrN2O2. The van der Waals surface area contributed by atoms with Gasteiger partial charge in [-0.15, -0.1) is 0 Å². The molecule has 96 valence electrons. The third-order valence-electron chi connectivity index (χ3n) is 2.93. The molecule has 0 atom stereocenters. The number of hydrogen-bond donors (Lipinski definition) is 1. The van der Waals surface area contributed by atoms with Crippen LogP contribution in [0, 0.1) is 0 Å². The molecule has 1 aromatic rings. The highest BCUT2D eigenvalue weighted by atomic mass is 79.9. The maximum absolute atomic E-state index is 11.9. The highest BCUT2D eigenvalue weighted by Gasteiger charge is 2.36. The SMILES string of the molecule is CCNCCCN1C(=O)C(=O)c2c(Br)cccc21. The number of Topliss-reactive ketones (excluding diaryl/α,β-unsaturated/α-hetero) is 1. The lowest BCUT2D eigenvalue weighted by atomic mass is 10.1. The van der Waals surface area contributed by atoms with Gasteiger partial charge in [-0.3, -0.25) is 9.59 Å². The number of fused-ring (bicyclic) bond motifs is 1. The van der Waals surface area contributed by atoms with E-state index in [1.165, 1.54) is 0 Å². The second kappa shape index (κ2) is 5.63. The van der Waals surface area contributed by atoms with Gasteiger partial charge in [-0.2, -0.15) is 0 Å². The molecule has 5 heteroatoms. The van der Waals surface area contributed by atoms with Crippen molar-refractivity contribution < 1.29 is 9.59 Å². The van der Waals surface area contributed by atoms with Crippen LogP contribution < -0.4 is 10.2 Å². The Bertz CT molecular complexity index is 488. The van der Waals surface area contributed by atoms with E-state index in [9.17, 15) is 9.59 Å². The first-order chi connectivity index (χ1) is 8.66. The molecule has 0 bridgehead atoms. The summed E-state index contributed by atoms with van der Waals surface area (Å²) >= 11 is 3.32. The maximum Gasteiger partial charge on any atom is 0.299 e. The summed E-state index contributed by atoms with van der Waals surface area (Å²) in [5, 5.41) is 3.20. The Kier molecular flexibility index (Phi) is 4.14. The van der Waals surface area contributed by atoms with Gasteiger partial charge in [0.25, 0.3) is 11.7 Å². The van der Waals surface area contributed by atoms with Crippen LogP contribution in [0.25, 0.3) is 0 Å². The van der Waals surface area contributed by atoms with Crippen molar-refractivity contribution >= 4 is 33.3 Å². The second-order valence-corrected chi connectivity index (χ2v) is 4.98. The lowest BCUT2D eigenvalue weighted by Crippen LogP contribution is -2.32. The number of rotatable bonds is 5. The van der Waals surface area contributed by atoms with E-state index in [1.54, 1.807) is 11.0 Å². The molecule has 0 aliphatic carbocycles. The van der Waals surface area contributed by atoms with Crippen LogP contribution >= 0.6 is 15.9 Å². The zero-order valence-electron chi connectivity index (χ0n) is 10.2. The van der Waals surface area contributed by atoms with Crippen molar-refractivity contribution in [1.82, 2.24) is 5.32 Å². The number of nitrogens with one attached hydrogen (secondary N) is 1. The third-order valence-corrected chi connectivity index (χ3v) is 3.59. The minimum Gasteiger partial charge on any atom is -0.317 e. The van der Waals surface area contributed by atoms with Crippen LogP contribution in [0.1, 0.15) is 23.7 Å². The number of anilines is 1. The average molecular weight is 311 g/mol. The predicted octanol–water partition coefficient (Wildman–Crippen LogP) is 1.98. The Morgan fingerprint density at radius 1 is 1.33 bits per heavy atom. The van der Waals surface area contributed by atoms with Crippen LogP contribution in [0.4, 0.5) is 5.69 Å². The smallest absolute Gasteiger partial charge is 0.299 e. The van der Waals surface area contributed by atoms with Crippen LogP contribution in [0.15, 0.2) is 22.7 Å². The fraction of sp³-hybridized carbons (Fsp3) is 0.385. The van der Waals surface area contributed by atoms with Gasteiger partial charge in [0.2, 0.25) is 0 Å². The molecular weight excluding hydrogens is 296 g/mol. The van der Waals surface area contributed by atoms with E-state index in [0.29, 0.717) is 16.6 Å². The van der Waals surface area contributed by atoms with Gasteiger partial charge in [0.05, 0.1) is 11.3 Å². The monoisotopic (exact) mass is 310 g/mol. The molecule has 1 aliphatic rings. The van der Waals surface area contributed by atoms with Crippen molar-refractivity contribution in [2.45, 2.75) is 13.3 Å². The first-order valence-electron chi connectivity index (χ1n) is 6.02. The molecule has 0 saturated carbocycles. The minimum absolute atomic E-state index is 0.416. The number of nitrogens with zero attached hydrogens (tertiary/aromatic N) is 1. The molecule has 1 aliphatic heterocycles. The van der Waals surface area contributed by atoms with E-state index in [0.717, 1.165) is 25.2 Å². The van der Waals surface area contributed by atoms with E-state index in [4.69, 9.17) is 0 Å². The fourth-order valence-corrected chi connectivity index (χ4v) is 2.60. The topological polar surface area (TPSA) is 49.4 Å². The van der Waals surface area contributed by atoms with Crippen molar-refractivity contribution in [3.63, 3.8) is 0 Å². The molecule has 0 unspecified atom stereocenters. The van der Waals surface area contributed by atoms with E-state index in [-0.39, 0.29) is 0 Å². The highest BCUT2D eigenvalue weighted by molar-refractivity contribution is 9.10. The average Bonchev–Trinajstić information content (AvgIpc) is 2.60. The number of hydrogen-bond acceptors (Lipinski definition) is 3. The third kappa shape index (κ3) is 2.33. The van der Waals surface area contributed by atoms with Crippen LogP contribution in [0.3, 0.4) is 0 Å². The minimum atomic E-state index is -0.423. The van der Waals surface area contributed by atoms with E-state index >= 15 is 0 Å². The standard InChI is InChI=1S/C13H15BrN2O2/c1-2-15-7-4-8-16-10-6-3-5-9(14)11(10)12(17)13(16)18/h3,5-6,15H,2,4,7-8H2,1H3. The molecule has 0 fully saturated rings. The van der Waals surface area contributed by atoms with Gasteiger partial charge < -0.3 is 10.2 Å². The molecule has 0 radical (unpaired) electrons. The van der Waals surface area contributed by atoms with Gasteiger partial charge in [-0.25, -0.2) is 0 Å². The van der Waals surface area contributed by atoms with Crippen molar-refractivity contribution in [1.29, 1.82) is 0 Å². The number of carbonyl (C=O) groups excluding carboxylic acids is 2. The Balaban J connectivity index is 2.16. The summed E-state index contributed by atoms with van der Waals surface area (Å²) in [6.45, 7) is 4.37. The summed E-state index contributed by atoms with van der Waals surface area (Å²) in [6, 6.07) is 5.44. The quantitative estimate of drug-likeness (QED) is 0.668. The lowest BCUT2D eigenvalue weighted by molar-refractivity contribution is -0.114. The van der Waals surface area contributed by atoms with Crippen molar-refractivity contribution in [3.8, 4) is 0 Å². The van der Waals surface area contributed by atoms with Crippen molar-refractivity contribution in [3.05, 3.63) is 28.2 Å². The Hall–Kier alpha value is -1.20. The fourth-order valence-electron chi connectivity index (χ4n) is 2.06. The Morgan fingerprint density at radius 3 is 2.83 bits per heavy atom. The molecule has 0 spiro atoms. The van der Waals surface area contributed by atoms with Gasteiger partial charge >= 0.3 is 0 Å². The van der Waals surface area contributed by atoms with Gasteiger partial charge in [0.15, 0.2) is 0 Å². The molecule has 1 aromatic carbocycles. The van der Waals surface area contributed by atoms with Crippen LogP contribution in [-0.4, -0.2) is 31.3 Å². The normalized spacial score (nSPS) is 14.2. The van der Waals surface area contributed by atoms with E-state index < -0.39 is 11.7 Å². The molecule has 2 rings (SSSR count). The molecule has 1 N–H and O–H groups in total. The number of halogens is 1. The van der Waals surface area contributed by atoms with Gasteiger partial charge in [-0.1, -0.05) is 13.0 Å². The number of carbonyl (C=O) groups is 2. The van der Waals surface area contributed by atoms with Crippen molar-refractivity contribution in [2.24, 2.45) is 0 Å². The van der Waals surface area contributed by atoms with Crippen LogP contribution in [0.5, 0.6) is 0 Å². The first kappa shape index (κ1) is 13.2. The summed E-state index contributed by atoms with van der Waals surface area (Å²) < 4.78 is 0.688. The van der Waals surface area contributed by atoms with Gasteiger partial charge in [-0.05, 0) is 47.6 Å². The number of ketones is 1. The van der Waals surface area contributed by atoms with Crippen molar-refractivity contribution in [2.75, 3.05) is 24.5 Å². The predicted molar refractivity (Wildman–Crippen MR) is 74.0 cm³/mol. The zero-order valence-corrected chi connectivity index (χ0v) is 11.8. The highest BCUT2D eigenvalue weighted by Crippen LogP contribution is 2.34. The first-order valence-corrected chi connectivity index (χ1v) is 6.81. The molecule has 4 nitrogen and oxygen atoms in total. The summed E-state index contributed by atoms with van der Waals surface area (Å²) in [7, 11) is 0. The molecule has 0 aromatic heterocycles. The number of amides is 1. The second-order valence-electron chi connectivity index (χ2n) is 4.13. The maximum atomic E-state index is 11.9. The lowest BCUT2D eigenvalue weighted by Gasteiger charge is -2.16. The largest absolute Gasteiger partial charge is 0.317 e. The van der Waals surface area contributed by atoms with E-state index in [2.05, 4.69) is 21.2 Å². The summed E-state index contributed by atoms with van der Waals surface area (Å²) in [6.07, 6.45) is 0.832. The summed E-state index contributed by atoms with van der Waals surface area (Å²) in [5.74, 6) is -0.839. The van der Waals surface area contributed by atoms with Crippen LogP contribution in [-0.2, 0) is 4.79 Å². The zero-order chi connectivity index (χ0) is 13.1. The molecule has 1 heterocycles. The van der Waals surface area contributed by atoms with E-state index in [1.807, 2.05) is 19.1 Å².